The lowest BCUT2D eigenvalue weighted by Crippen LogP contribution is -2.40. The van der Waals surface area contributed by atoms with Crippen LogP contribution in [0.5, 0.6) is 5.75 Å². The van der Waals surface area contributed by atoms with Crippen LogP contribution in [0.1, 0.15) is 24.0 Å². The number of aliphatic carboxylic acids is 1. The Morgan fingerprint density at radius 3 is 2.70 bits per heavy atom. The molecule has 1 aliphatic heterocycles. The number of aryl methyl sites for hydroxylation is 2. The topological polar surface area (TPSA) is 49.8 Å². The molecule has 0 aromatic heterocycles. The Labute approximate surface area is 120 Å². The van der Waals surface area contributed by atoms with Crippen LogP contribution in [0.25, 0.3) is 0 Å². The van der Waals surface area contributed by atoms with E-state index < -0.39 is 5.97 Å². The largest absolute Gasteiger partial charge is 0.492 e. The van der Waals surface area contributed by atoms with Gasteiger partial charge in [-0.1, -0.05) is 6.07 Å². The molecule has 0 bridgehead atoms. The van der Waals surface area contributed by atoms with Crippen LogP contribution in [0.2, 0.25) is 0 Å². The molecular formula is C16H23NO3. The summed E-state index contributed by atoms with van der Waals surface area (Å²) in [6.07, 6.45) is 1.75. The van der Waals surface area contributed by atoms with Crippen LogP contribution in [-0.2, 0) is 4.79 Å². The predicted octanol–water partition coefficient (Wildman–Crippen LogP) is 2.48. The molecule has 1 unspecified atom stereocenters. The summed E-state index contributed by atoms with van der Waals surface area (Å²) in [6.45, 7) is 7.13. The maximum atomic E-state index is 11.0. The van der Waals surface area contributed by atoms with Gasteiger partial charge in [-0.3, -0.25) is 9.69 Å². The van der Waals surface area contributed by atoms with Gasteiger partial charge in [-0.05, 0) is 56.5 Å². The molecule has 0 amide bonds. The number of nitrogens with zero attached hydrogens (tertiary/aromatic N) is 1. The summed E-state index contributed by atoms with van der Waals surface area (Å²) < 4.78 is 5.78. The summed E-state index contributed by atoms with van der Waals surface area (Å²) in [5, 5.41) is 9.06. The van der Waals surface area contributed by atoms with Gasteiger partial charge >= 0.3 is 5.97 Å². The second kappa shape index (κ2) is 6.75. The zero-order valence-electron chi connectivity index (χ0n) is 12.3. The fourth-order valence-corrected chi connectivity index (χ4v) is 2.77. The lowest BCUT2D eigenvalue weighted by molar-refractivity contribution is -0.143. The van der Waals surface area contributed by atoms with Crippen molar-refractivity contribution in [2.24, 2.45) is 5.92 Å². The van der Waals surface area contributed by atoms with Gasteiger partial charge in [0.2, 0.25) is 0 Å². The number of likely N-dealkylation sites (tertiary alicyclic amines) is 1. The van der Waals surface area contributed by atoms with Crippen molar-refractivity contribution in [2.45, 2.75) is 26.7 Å². The number of hydrogen-bond acceptors (Lipinski definition) is 3. The number of carboxylic acids is 1. The summed E-state index contributed by atoms with van der Waals surface area (Å²) >= 11 is 0. The summed E-state index contributed by atoms with van der Waals surface area (Å²) in [6, 6.07) is 6.18. The van der Waals surface area contributed by atoms with Gasteiger partial charge in [0.15, 0.2) is 0 Å². The summed E-state index contributed by atoms with van der Waals surface area (Å²) in [5.74, 6) is 0.00388. The van der Waals surface area contributed by atoms with Crippen LogP contribution in [0.4, 0.5) is 0 Å². The highest BCUT2D eigenvalue weighted by atomic mass is 16.5. The smallest absolute Gasteiger partial charge is 0.307 e. The first kappa shape index (κ1) is 14.9. The molecule has 0 aliphatic carbocycles. The van der Waals surface area contributed by atoms with Crippen molar-refractivity contribution in [3.05, 3.63) is 29.3 Å². The Bertz CT molecular complexity index is 453. The van der Waals surface area contributed by atoms with Crippen LogP contribution in [0, 0.1) is 19.8 Å². The van der Waals surface area contributed by atoms with Crippen LogP contribution < -0.4 is 4.74 Å². The number of hydrogen-bond donors (Lipinski definition) is 1. The van der Waals surface area contributed by atoms with E-state index in [1.807, 2.05) is 12.1 Å². The van der Waals surface area contributed by atoms with Crippen molar-refractivity contribution in [2.75, 3.05) is 26.2 Å². The Morgan fingerprint density at radius 1 is 1.35 bits per heavy atom. The summed E-state index contributed by atoms with van der Waals surface area (Å²) in [7, 11) is 0. The Hall–Kier alpha value is -1.55. The molecule has 0 spiro atoms. The number of carbonyl (C=O) groups is 1. The van der Waals surface area contributed by atoms with Crippen molar-refractivity contribution >= 4 is 5.97 Å². The molecule has 1 aromatic rings. The maximum absolute atomic E-state index is 11.0. The minimum absolute atomic E-state index is 0.218. The van der Waals surface area contributed by atoms with Gasteiger partial charge in [-0.15, -0.1) is 0 Å². The molecule has 0 saturated carbocycles. The monoisotopic (exact) mass is 277 g/mol. The van der Waals surface area contributed by atoms with Crippen molar-refractivity contribution in [1.29, 1.82) is 0 Å². The molecule has 1 fully saturated rings. The Kier molecular flexibility index (Phi) is 5.01. The van der Waals surface area contributed by atoms with Gasteiger partial charge < -0.3 is 9.84 Å². The molecule has 20 heavy (non-hydrogen) atoms. The average Bonchev–Trinajstić information content (AvgIpc) is 2.38. The highest BCUT2D eigenvalue weighted by Gasteiger charge is 2.24. The third-order valence-corrected chi connectivity index (χ3v) is 3.73. The lowest BCUT2D eigenvalue weighted by atomic mass is 9.98. The molecule has 1 saturated heterocycles. The van der Waals surface area contributed by atoms with Crippen LogP contribution >= 0.6 is 0 Å². The molecule has 1 heterocycles. The minimum Gasteiger partial charge on any atom is -0.492 e. The number of piperidine rings is 1. The second-order valence-electron chi connectivity index (χ2n) is 5.65. The third-order valence-electron chi connectivity index (χ3n) is 3.73. The van der Waals surface area contributed by atoms with Crippen molar-refractivity contribution < 1.29 is 14.6 Å². The summed E-state index contributed by atoms with van der Waals surface area (Å²) in [4.78, 5) is 13.2. The highest BCUT2D eigenvalue weighted by Crippen LogP contribution is 2.18. The standard InChI is InChI=1S/C16H23NO3/c1-12-8-13(2)10-15(9-12)20-7-6-17-5-3-4-14(11-17)16(18)19/h8-10,14H,3-7,11H2,1-2H3,(H,18,19). The van der Waals surface area contributed by atoms with E-state index in [0.717, 1.165) is 31.7 Å². The number of carboxylic acid groups (broad SMARTS) is 1. The maximum Gasteiger partial charge on any atom is 0.307 e. The molecule has 110 valence electrons. The fourth-order valence-electron chi connectivity index (χ4n) is 2.77. The average molecular weight is 277 g/mol. The molecular weight excluding hydrogens is 254 g/mol. The number of rotatable bonds is 5. The van der Waals surface area contributed by atoms with E-state index in [9.17, 15) is 4.79 Å². The third kappa shape index (κ3) is 4.23. The van der Waals surface area contributed by atoms with E-state index in [4.69, 9.17) is 9.84 Å². The first-order valence-electron chi connectivity index (χ1n) is 7.21. The van der Waals surface area contributed by atoms with Gasteiger partial charge in [0.05, 0.1) is 5.92 Å². The van der Waals surface area contributed by atoms with Gasteiger partial charge in [0, 0.05) is 13.1 Å². The Balaban J connectivity index is 1.79. The minimum atomic E-state index is -0.676. The molecule has 2 rings (SSSR count). The molecule has 1 aromatic carbocycles. The van der Waals surface area contributed by atoms with E-state index in [1.165, 1.54) is 11.1 Å². The van der Waals surface area contributed by atoms with Gasteiger partial charge in [0.25, 0.3) is 0 Å². The molecule has 1 aliphatic rings. The predicted molar refractivity (Wildman–Crippen MR) is 78.2 cm³/mol. The van der Waals surface area contributed by atoms with Crippen molar-refractivity contribution in [3.63, 3.8) is 0 Å². The quantitative estimate of drug-likeness (QED) is 0.898. The van der Waals surface area contributed by atoms with Crippen LogP contribution in [0.15, 0.2) is 18.2 Å². The lowest BCUT2D eigenvalue weighted by Gasteiger charge is -2.30. The van der Waals surface area contributed by atoms with E-state index in [-0.39, 0.29) is 5.92 Å². The zero-order chi connectivity index (χ0) is 14.5. The Morgan fingerprint density at radius 2 is 2.05 bits per heavy atom. The molecule has 4 nitrogen and oxygen atoms in total. The fraction of sp³-hybridized carbons (Fsp3) is 0.562. The normalized spacial score (nSPS) is 19.8. The number of benzene rings is 1. The van der Waals surface area contributed by atoms with Crippen LogP contribution in [-0.4, -0.2) is 42.2 Å². The van der Waals surface area contributed by atoms with E-state index in [2.05, 4.69) is 24.8 Å². The SMILES string of the molecule is Cc1cc(C)cc(OCCN2CCCC(C(=O)O)C2)c1. The van der Waals surface area contributed by atoms with E-state index in [1.54, 1.807) is 0 Å². The van der Waals surface area contributed by atoms with Gasteiger partial charge in [0.1, 0.15) is 12.4 Å². The molecule has 1 atom stereocenters. The zero-order valence-corrected chi connectivity index (χ0v) is 12.3. The molecule has 1 N–H and O–H groups in total. The first-order chi connectivity index (χ1) is 9.54. The molecule has 0 radical (unpaired) electrons. The first-order valence-corrected chi connectivity index (χ1v) is 7.21. The van der Waals surface area contributed by atoms with Crippen molar-refractivity contribution in [1.82, 2.24) is 4.90 Å². The second-order valence-corrected chi connectivity index (χ2v) is 5.65. The highest BCUT2D eigenvalue weighted by molar-refractivity contribution is 5.70. The number of ether oxygens (including phenoxy) is 1. The summed E-state index contributed by atoms with van der Waals surface area (Å²) in [5.41, 5.74) is 2.40. The van der Waals surface area contributed by atoms with E-state index >= 15 is 0 Å². The van der Waals surface area contributed by atoms with Crippen molar-refractivity contribution in [3.8, 4) is 5.75 Å². The van der Waals surface area contributed by atoms with Crippen LogP contribution in [0.3, 0.4) is 0 Å². The van der Waals surface area contributed by atoms with Gasteiger partial charge in [-0.2, -0.15) is 0 Å². The molecule has 4 heteroatoms. The van der Waals surface area contributed by atoms with Gasteiger partial charge in [-0.25, -0.2) is 0 Å². The van der Waals surface area contributed by atoms with E-state index in [0.29, 0.717) is 13.2 Å².